The third kappa shape index (κ3) is 2.23. The molecule has 0 amide bonds. The summed E-state index contributed by atoms with van der Waals surface area (Å²) in [5.41, 5.74) is 0.828. The van der Waals surface area contributed by atoms with E-state index in [-0.39, 0.29) is 11.7 Å². The van der Waals surface area contributed by atoms with Gasteiger partial charge in [0.15, 0.2) is 0 Å². The molecule has 0 saturated carbocycles. The van der Waals surface area contributed by atoms with E-state index in [1.165, 1.54) is 6.07 Å². The Bertz CT molecular complexity index is 367. The zero-order valence-corrected chi connectivity index (χ0v) is 10.5. The molecule has 1 aromatic carbocycles. The van der Waals surface area contributed by atoms with Crippen LogP contribution in [0.25, 0.3) is 0 Å². The summed E-state index contributed by atoms with van der Waals surface area (Å²) in [5, 5.41) is 3.43. The number of rotatable bonds is 1. The molecule has 1 nitrogen and oxygen atoms in total. The molecule has 1 aromatic rings. The molecule has 3 heteroatoms. The SMILES string of the molecule is CC1CC(c2cc(Br)ccc2F)C(C)N1. The van der Waals surface area contributed by atoms with Crippen molar-refractivity contribution in [2.45, 2.75) is 38.3 Å². The molecule has 1 aliphatic heterocycles. The minimum absolute atomic E-state index is 0.0917. The van der Waals surface area contributed by atoms with Crippen molar-refractivity contribution in [3.63, 3.8) is 0 Å². The fraction of sp³-hybridized carbons (Fsp3) is 0.500. The highest BCUT2D eigenvalue weighted by molar-refractivity contribution is 9.10. The predicted molar refractivity (Wildman–Crippen MR) is 63.5 cm³/mol. The molecule has 82 valence electrons. The molecule has 0 bridgehead atoms. The van der Waals surface area contributed by atoms with Crippen molar-refractivity contribution in [3.8, 4) is 0 Å². The van der Waals surface area contributed by atoms with Crippen LogP contribution in [-0.2, 0) is 0 Å². The molecule has 3 unspecified atom stereocenters. The third-order valence-electron chi connectivity index (χ3n) is 3.12. The minimum Gasteiger partial charge on any atom is -0.311 e. The third-order valence-corrected chi connectivity index (χ3v) is 3.61. The van der Waals surface area contributed by atoms with Gasteiger partial charge >= 0.3 is 0 Å². The van der Waals surface area contributed by atoms with E-state index in [0.29, 0.717) is 12.1 Å². The van der Waals surface area contributed by atoms with E-state index in [1.54, 1.807) is 6.07 Å². The first-order valence-corrected chi connectivity index (χ1v) is 6.08. The lowest BCUT2D eigenvalue weighted by Crippen LogP contribution is -2.26. The van der Waals surface area contributed by atoms with E-state index in [1.807, 2.05) is 6.07 Å². The van der Waals surface area contributed by atoms with Crippen molar-refractivity contribution >= 4 is 15.9 Å². The average Bonchev–Trinajstić information content (AvgIpc) is 2.50. The van der Waals surface area contributed by atoms with Gasteiger partial charge in [0.2, 0.25) is 0 Å². The summed E-state index contributed by atoms with van der Waals surface area (Å²) < 4.78 is 14.6. The lowest BCUT2D eigenvalue weighted by Gasteiger charge is -2.16. The normalized spacial score (nSPS) is 30.8. The lowest BCUT2D eigenvalue weighted by molar-refractivity contribution is 0.540. The number of nitrogens with one attached hydrogen (secondary N) is 1. The summed E-state index contributed by atoms with van der Waals surface area (Å²) in [6.07, 6.45) is 1.01. The molecule has 0 aliphatic carbocycles. The standard InChI is InChI=1S/C12H15BrFN/c1-7-5-10(8(2)15-7)11-6-9(13)3-4-12(11)14/h3-4,6-8,10,15H,5H2,1-2H3. The smallest absolute Gasteiger partial charge is 0.126 e. The van der Waals surface area contributed by atoms with Gasteiger partial charge in [-0.2, -0.15) is 0 Å². The van der Waals surface area contributed by atoms with Crippen LogP contribution < -0.4 is 5.32 Å². The lowest BCUT2D eigenvalue weighted by atomic mass is 9.91. The van der Waals surface area contributed by atoms with Gasteiger partial charge in [-0.1, -0.05) is 15.9 Å². The average molecular weight is 272 g/mol. The molecular weight excluding hydrogens is 257 g/mol. The van der Waals surface area contributed by atoms with Crippen LogP contribution in [0.3, 0.4) is 0 Å². The van der Waals surface area contributed by atoms with Crippen molar-refractivity contribution in [2.24, 2.45) is 0 Å². The van der Waals surface area contributed by atoms with Crippen LogP contribution in [0.15, 0.2) is 22.7 Å². The Morgan fingerprint density at radius 3 is 2.73 bits per heavy atom. The van der Waals surface area contributed by atoms with Gasteiger partial charge in [-0.05, 0) is 44.0 Å². The second kappa shape index (κ2) is 4.22. The number of benzene rings is 1. The summed E-state index contributed by atoms with van der Waals surface area (Å²) in [6.45, 7) is 4.26. The maximum Gasteiger partial charge on any atom is 0.126 e. The van der Waals surface area contributed by atoms with E-state index in [2.05, 4.69) is 35.1 Å². The Balaban J connectivity index is 2.32. The van der Waals surface area contributed by atoms with Gasteiger partial charge in [-0.3, -0.25) is 0 Å². The molecular formula is C12H15BrFN. The highest BCUT2D eigenvalue weighted by Gasteiger charge is 2.30. The summed E-state index contributed by atoms with van der Waals surface area (Å²) in [4.78, 5) is 0. The van der Waals surface area contributed by atoms with Crippen LogP contribution in [0.1, 0.15) is 31.7 Å². The fourth-order valence-corrected chi connectivity index (χ4v) is 2.79. The number of hydrogen-bond acceptors (Lipinski definition) is 1. The van der Waals surface area contributed by atoms with Crippen LogP contribution >= 0.6 is 15.9 Å². The van der Waals surface area contributed by atoms with Crippen LogP contribution in [0, 0.1) is 5.82 Å². The fourth-order valence-electron chi connectivity index (χ4n) is 2.41. The van der Waals surface area contributed by atoms with Crippen molar-refractivity contribution in [3.05, 3.63) is 34.1 Å². The summed E-state index contributed by atoms with van der Waals surface area (Å²) in [7, 11) is 0. The van der Waals surface area contributed by atoms with Crippen molar-refractivity contribution < 1.29 is 4.39 Å². The largest absolute Gasteiger partial charge is 0.311 e. The van der Waals surface area contributed by atoms with Crippen LogP contribution in [-0.4, -0.2) is 12.1 Å². The molecule has 1 N–H and O–H groups in total. The van der Waals surface area contributed by atoms with Gasteiger partial charge in [0.05, 0.1) is 0 Å². The highest BCUT2D eigenvalue weighted by Crippen LogP contribution is 2.33. The van der Waals surface area contributed by atoms with Gasteiger partial charge in [0, 0.05) is 22.5 Å². The Morgan fingerprint density at radius 2 is 2.13 bits per heavy atom. The molecule has 1 fully saturated rings. The van der Waals surface area contributed by atoms with E-state index < -0.39 is 0 Å². The maximum atomic E-state index is 13.7. The van der Waals surface area contributed by atoms with Crippen LogP contribution in [0.4, 0.5) is 4.39 Å². The van der Waals surface area contributed by atoms with Crippen LogP contribution in [0.5, 0.6) is 0 Å². The second-order valence-electron chi connectivity index (χ2n) is 4.36. The molecule has 2 rings (SSSR count). The van der Waals surface area contributed by atoms with Crippen molar-refractivity contribution in [1.29, 1.82) is 0 Å². The molecule has 0 aromatic heterocycles. The molecule has 3 atom stereocenters. The second-order valence-corrected chi connectivity index (χ2v) is 5.28. The predicted octanol–water partition coefficient (Wildman–Crippen LogP) is 3.44. The highest BCUT2D eigenvalue weighted by atomic mass is 79.9. The summed E-state index contributed by atoms with van der Waals surface area (Å²) >= 11 is 3.39. The first kappa shape index (κ1) is 11.1. The number of hydrogen-bond donors (Lipinski definition) is 1. The first-order valence-electron chi connectivity index (χ1n) is 5.29. The Kier molecular flexibility index (Phi) is 3.12. The zero-order valence-electron chi connectivity index (χ0n) is 8.93. The maximum absolute atomic E-state index is 13.7. The quantitative estimate of drug-likeness (QED) is 0.825. The van der Waals surface area contributed by atoms with Crippen molar-refractivity contribution in [2.75, 3.05) is 0 Å². The van der Waals surface area contributed by atoms with E-state index in [4.69, 9.17) is 0 Å². The monoisotopic (exact) mass is 271 g/mol. The topological polar surface area (TPSA) is 12.0 Å². The Labute approximate surface area is 98.2 Å². The number of halogens is 2. The summed E-state index contributed by atoms with van der Waals surface area (Å²) in [5.74, 6) is 0.198. The Hall–Kier alpha value is -0.410. The molecule has 1 saturated heterocycles. The van der Waals surface area contributed by atoms with Crippen molar-refractivity contribution in [1.82, 2.24) is 5.32 Å². The summed E-state index contributed by atoms with van der Waals surface area (Å²) in [6, 6.07) is 6.01. The Morgan fingerprint density at radius 1 is 1.40 bits per heavy atom. The van der Waals surface area contributed by atoms with E-state index in [9.17, 15) is 4.39 Å². The molecule has 0 radical (unpaired) electrons. The van der Waals surface area contributed by atoms with E-state index >= 15 is 0 Å². The van der Waals surface area contributed by atoms with Crippen LogP contribution in [0.2, 0.25) is 0 Å². The van der Waals surface area contributed by atoms with Gasteiger partial charge < -0.3 is 5.32 Å². The minimum atomic E-state index is -0.0917. The molecule has 1 heterocycles. The van der Waals surface area contributed by atoms with Gasteiger partial charge in [0.25, 0.3) is 0 Å². The van der Waals surface area contributed by atoms with E-state index in [0.717, 1.165) is 16.5 Å². The molecule has 1 aliphatic rings. The molecule has 0 spiro atoms. The zero-order chi connectivity index (χ0) is 11.0. The van der Waals surface area contributed by atoms with Gasteiger partial charge in [-0.25, -0.2) is 4.39 Å². The molecule has 15 heavy (non-hydrogen) atoms. The van der Waals surface area contributed by atoms with Gasteiger partial charge in [0.1, 0.15) is 5.82 Å². The first-order chi connectivity index (χ1) is 7.08. The van der Waals surface area contributed by atoms with Gasteiger partial charge in [-0.15, -0.1) is 0 Å².